The number of ether oxygens (including phenoxy) is 1. The number of unbranched alkanes of at least 4 members (excludes halogenated alkanes) is 3. The van der Waals surface area contributed by atoms with E-state index in [1.807, 2.05) is 6.26 Å². The fourth-order valence-electron chi connectivity index (χ4n) is 5.22. The fourth-order valence-corrected chi connectivity index (χ4v) is 24.4. The van der Waals surface area contributed by atoms with Gasteiger partial charge in [0.1, 0.15) is 0 Å². The van der Waals surface area contributed by atoms with Gasteiger partial charge in [-0.1, -0.05) is 0 Å². The Labute approximate surface area is 212 Å². The van der Waals surface area contributed by atoms with Crippen LogP contribution in [-0.4, -0.2) is 30.3 Å². The Balaban J connectivity index is 3.71. The summed E-state index contributed by atoms with van der Waals surface area (Å²) in [5.41, 5.74) is 1.45. The second-order valence-corrected chi connectivity index (χ2v) is 30.6. The van der Waals surface area contributed by atoms with Crippen LogP contribution in [0.5, 0.6) is 0 Å². The van der Waals surface area contributed by atoms with Gasteiger partial charge in [0.2, 0.25) is 0 Å². The molecule has 1 atom stereocenters. The monoisotopic (exact) mass is 584 g/mol. The number of rotatable bonds is 15. The van der Waals surface area contributed by atoms with Crippen LogP contribution in [0.4, 0.5) is 0 Å². The molecule has 1 aliphatic carbocycles. The number of allylic oxidation sites excluding steroid dienone is 3. The Bertz CT molecular complexity index is 644. The molecule has 2 nitrogen and oxygen atoms in total. The molecule has 0 saturated heterocycles. The summed E-state index contributed by atoms with van der Waals surface area (Å²) in [5.74, 6) is 1.24. The first-order valence-electron chi connectivity index (χ1n) is 13.8. The van der Waals surface area contributed by atoms with E-state index >= 15 is 0 Å². The van der Waals surface area contributed by atoms with Crippen molar-refractivity contribution in [2.45, 2.75) is 136 Å². The molecule has 0 radical (unpaired) electrons. The van der Waals surface area contributed by atoms with Crippen LogP contribution in [0.25, 0.3) is 0 Å². The molecule has 33 heavy (non-hydrogen) atoms. The molecule has 0 aromatic heterocycles. The van der Waals surface area contributed by atoms with Crippen LogP contribution in [0.2, 0.25) is 33.0 Å². The number of hydrogen-bond donors (Lipinski definition) is 0. The van der Waals surface area contributed by atoms with Crippen molar-refractivity contribution in [1.82, 2.24) is 0 Å². The molecule has 0 aliphatic heterocycles. The van der Waals surface area contributed by atoms with E-state index in [1.54, 1.807) is 0 Å². The Morgan fingerprint density at radius 2 is 1.45 bits per heavy atom. The third kappa shape index (κ3) is 9.09. The van der Waals surface area contributed by atoms with Crippen molar-refractivity contribution in [2.24, 2.45) is 5.41 Å². The molecule has 4 heteroatoms. The maximum absolute atomic E-state index is 7.00. The first-order valence-corrected chi connectivity index (χ1v) is 24.7. The van der Waals surface area contributed by atoms with Gasteiger partial charge in [-0.3, -0.25) is 0 Å². The standard InChI is InChI=1S/C17H29O2Si.3C4H9.Sn/c1-8-9-12-18-14-10-11-15(17(2,3)4)16(13-14)19-20(5,6)7;3*1-3-4-2;/h9-12H,8,13H2,1-7H3;3*1,3-4H2,2H3;/b12-9+;;;;. The molecule has 0 spiro atoms. The molecule has 0 heterocycles. The summed E-state index contributed by atoms with van der Waals surface area (Å²) in [4.78, 5) is 0. The van der Waals surface area contributed by atoms with Gasteiger partial charge < -0.3 is 0 Å². The van der Waals surface area contributed by atoms with Crippen LogP contribution in [0.3, 0.4) is 0 Å². The number of hydrogen-bond acceptors (Lipinski definition) is 2. The zero-order chi connectivity index (χ0) is 25.2. The predicted octanol–water partition coefficient (Wildman–Crippen LogP) is 10.2. The molecule has 0 bridgehead atoms. The zero-order valence-electron chi connectivity index (χ0n) is 23.9. The average molecular weight is 584 g/mol. The summed E-state index contributed by atoms with van der Waals surface area (Å²) in [6.07, 6.45) is 19.1. The quantitative estimate of drug-likeness (QED) is 0.141. The molecule has 1 unspecified atom stereocenters. The minimum atomic E-state index is -2.82. The summed E-state index contributed by atoms with van der Waals surface area (Å²) in [7, 11) is -1.74. The van der Waals surface area contributed by atoms with Gasteiger partial charge in [0.15, 0.2) is 0 Å². The van der Waals surface area contributed by atoms with Crippen LogP contribution in [0.1, 0.15) is 99.8 Å². The average Bonchev–Trinajstić information content (AvgIpc) is 2.71. The van der Waals surface area contributed by atoms with Gasteiger partial charge in [0.25, 0.3) is 0 Å². The molecular formula is C29H56O2SiSn. The Morgan fingerprint density at radius 3 is 1.85 bits per heavy atom. The molecule has 0 aromatic rings. The van der Waals surface area contributed by atoms with Crippen LogP contribution in [0, 0.1) is 5.41 Å². The Morgan fingerprint density at radius 1 is 0.939 bits per heavy atom. The van der Waals surface area contributed by atoms with Crippen molar-refractivity contribution in [2.75, 3.05) is 0 Å². The zero-order valence-corrected chi connectivity index (χ0v) is 27.8. The third-order valence-electron chi connectivity index (χ3n) is 7.01. The van der Waals surface area contributed by atoms with Crippen LogP contribution < -0.4 is 0 Å². The van der Waals surface area contributed by atoms with Crippen molar-refractivity contribution in [3.05, 3.63) is 35.8 Å². The van der Waals surface area contributed by atoms with Gasteiger partial charge in [0.05, 0.1) is 0 Å². The van der Waals surface area contributed by atoms with Crippen molar-refractivity contribution >= 4 is 26.7 Å². The van der Waals surface area contributed by atoms with Crippen molar-refractivity contribution in [3.63, 3.8) is 0 Å². The van der Waals surface area contributed by atoms with Gasteiger partial charge in [-0.15, -0.1) is 0 Å². The van der Waals surface area contributed by atoms with Crippen LogP contribution >= 0.6 is 0 Å². The third-order valence-corrected chi connectivity index (χ3v) is 25.5. The SMILES string of the molecule is CC/C=C/O[C]1([Sn]([CH2]CCC)([CH2]CCC)[CH2]CCC)C=CC(C(C)(C)C)=C(O[Si](C)(C)C)C1. The second kappa shape index (κ2) is 13.8. The first kappa shape index (κ1) is 30.9. The molecular weight excluding hydrogens is 527 g/mol. The minimum absolute atomic E-state index is 0.0747. The first-order chi connectivity index (χ1) is 15.4. The summed E-state index contributed by atoms with van der Waals surface area (Å²) < 4.78 is 18.0. The van der Waals surface area contributed by atoms with Crippen molar-refractivity contribution in [3.8, 4) is 0 Å². The van der Waals surface area contributed by atoms with E-state index in [0.29, 0.717) is 0 Å². The maximum atomic E-state index is 7.00. The molecule has 1 aliphatic rings. The van der Waals surface area contributed by atoms with Gasteiger partial charge in [-0.25, -0.2) is 0 Å². The molecule has 0 N–H and O–H groups in total. The molecule has 0 fully saturated rings. The van der Waals surface area contributed by atoms with Crippen molar-refractivity contribution in [1.29, 1.82) is 0 Å². The van der Waals surface area contributed by atoms with Gasteiger partial charge in [-0.05, 0) is 0 Å². The van der Waals surface area contributed by atoms with Crippen molar-refractivity contribution < 1.29 is 9.16 Å². The van der Waals surface area contributed by atoms with E-state index in [2.05, 4.69) is 86.3 Å². The fraction of sp³-hybridized carbons (Fsp3) is 0.793. The predicted molar refractivity (Wildman–Crippen MR) is 153 cm³/mol. The van der Waals surface area contributed by atoms with Gasteiger partial charge >= 0.3 is 213 Å². The van der Waals surface area contributed by atoms with E-state index in [9.17, 15) is 0 Å². The molecule has 0 amide bonds. The topological polar surface area (TPSA) is 18.5 Å². The second-order valence-electron chi connectivity index (χ2n) is 12.2. The summed E-state index contributed by atoms with van der Waals surface area (Å²) >= 11 is -2.82. The molecule has 1 rings (SSSR count). The van der Waals surface area contributed by atoms with E-state index < -0.39 is 26.7 Å². The van der Waals surface area contributed by atoms with Crippen LogP contribution in [0.15, 0.2) is 35.8 Å². The summed E-state index contributed by atoms with van der Waals surface area (Å²) in [6, 6.07) is 0. The Kier molecular flexibility index (Phi) is 12.9. The van der Waals surface area contributed by atoms with E-state index in [-0.39, 0.29) is 9.03 Å². The normalized spacial score (nSPS) is 20.1. The molecule has 0 aromatic carbocycles. The van der Waals surface area contributed by atoms with E-state index in [0.717, 1.165) is 12.8 Å². The van der Waals surface area contributed by atoms with Crippen LogP contribution in [-0.2, 0) is 9.16 Å². The summed E-state index contributed by atoms with van der Waals surface area (Å²) in [5, 5.41) is 0. The molecule has 0 saturated carbocycles. The summed E-state index contributed by atoms with van der Waals surface area (Å²) in [6.45, 7) is 23.2. The Hall–Kier alpha value is -0.164. The van der Waals surface area contributed by atoms with Gasteiger partial charge in [0, 0.05) is 0 Å². The molecule has 192 valence electrons. The van der Waals surface area contributed by atoms with E-state index in [4.69, 9.17) is 9.16 Å². The van der Waals surface area contributed by atoms with E-state index in [1.165, 1.54) is 63.2 Å². The van der Waals surface area contributed by atoms with Gasteiger partial charge in [-0.2, -0.15) is 0 Å².